The molecule has 116 valence electrons. The molecule has 5 nitrogen and oxygen atoms in total. The van der Waals surface area contributed by atoms with Crippen LogP contribution in [-0.4, -0.2) is 42.4 Å². The highest BCUT2D eigenvalue weighted by atomic mass is 16.2. The molecule has 1 rings (SSSR count). The molecule has 0 heterocycles. The zero-order chi connectivity index (χ0) is 15.7. The van der Waals surface area contributed by atoms with Gasteiger partial charge in [-0.2, -0.15) is 0 Å². The van der Waals surface area contributed by atoms with E-state index in [4.69, 9.17) is 5.73 Å². The Morgan fingerprint density at radius 2 is 1.90 bits per heavy atom. The maximum atomic E-state index is 12.3. The van der Waals surface area contributed by atoms with Gasteiger partial charge < -0.3 is 16.0 Å². The van der Waals surface area contributed by atoms with Crippen LogP contribution in [0.15, 0.2) is 30.3 Å². The SMILES string of the molecule is CCC(Cc1ccccc1)N(CC)C(=O)CNC(=O)CN. The van der Waals surface area contributed by atoms with E-state index in [0.717, 1.165) is 12.8 Å². The van der Waals surface area contributed by atoms with Crippen LogP contribution in [0.3, 0.4) is 0 Å². The molecule has 0 aliphatic rings. The molecule has 0 radical (unpaired) electrons. The van der Waals surface area contributed by atoms with Gasteiger partial charge in [0, 0.05) is 12.6 Å². The summed E-state index contributed by atoms with van der Waals surface area (Å²) in [5, 5.41) is 2.53. The lowest BCUT2D eigenvalue weighted by atomic mass is 10.0. The van der Waals surface area contributed by atoms with E-state index in [1.54, 1.807) is 0 Å². The van der Waals surface area contributed by atoms with Crippen molar-refractivity contribution >= 4 is 11.8 Å². The van der Waals surface area contributed by atoms with E-state index in [1.807, 2.05) is 30.0 Å². The van der Waals surface area contributed by atoms with Crippen molar-refractivity contribution in [1.29, 1.82) is 0 Å². The van der Waals surface area contributed by atoms with Crippen molar-refractivity contribution in [3.63, 3.8) is 0 Å². The summed E-state index contributed by atoms with van der Waals surface area (Å²) in [6.45, 7) is 4.57. The number of hydrogen-bond donors (Lipinski definition) is 2. The number of nitrogens with two attached hydrogens (primary N) is 1. The zero-order valence-electron chi connectivity index (χ0n) is 12.8. The maximum Gasteiger partial charge on any atom is 0.242 e. The van der Waals surface area contributed by atoms with Crippen molar-refractivity contribution < 1.29 is 9.59 Å². The van der Waals surface area contributed by atoms with Gasteiger partial charge in [0.25, 0.3) is 0 Å². The molecule has 3 N–H and O–H groups in total. The summed E-state index contributed by atoms with van der Waals surface area (Å²) in [5.74, 6) is -0.377. The molecule has 1 unspecified atom stereocenters. The Balaban J connectivity index is 2.66. The second kappa shape index (κ2) is 9.13. The molecule has 0 fully saturated rings. The Morgan fingerprint density at radius 3 is 2.43 bits per heavy atom. The first-order valence-corrected chi connectivity index (χ1v) is 7.42. The average Bonchev–Trinajstić information content (AvgIpc) is 2.53. The third-order valence-corrected chi connectivity index (χ3v) is 3.51. The summed E-state index contributed by atoms with van der Waals surface area (Å²) < 4.78 is 0. The Morgan fingerprint density at radius 1 is 1.24 bits per heavy atom. The molecular weight excluding hydrogens is 266 g/mol. The van der Waals surface area contributed by atoms with E-state index in [2.05, 4.69) is 24.4 Å². The molecule has 0 aliphatic heterocycles. The molecule has 0 spiro atoms. The largest absolute Gasteiger partial charge is 0.346 e. The van der Waals surface area contributed by atoms with Crippen molar-refractivity contribution in [2.45, 2.75) is 32.7 Å². The van der Waals surface area contributed by atoms with Gasteiger partial charge in [-0.1, -0.05) is 37.3 Å². The second-order valence-electron chi connectivity index (χ2n) is 4.91. The molecule has 2 amide bonds. The fraction of sp³-hybridized carbons (Fsp3) is 0.500. The van der Waals surface area contributed by atoms with E-state index in [0.29, 0.717) is 6.54 Å². The molecule has 21 heavy (non-hydrogen) atoms. The lowest BCUT2D eigenvalue weighted by Crippen LogP contribution is -2.47. The van der Waals surface area contributed by atoms with Crippen LogP contribution in [0.25, 0.3) is 0 Å². The smallest absolute Gasteiger partial charge is 0.242 e. The van der Waals surface area contributed by atoms with E-state index < -0.39 is 0 Å². The molecule has 1 aromatic carbocycles. The third kappa shape index (κ3) is 5.55. The van der Waals surface area contributed by atoms with Gasteiger partial charge in [-0.25, -0.2) is 0 Å². The molecule has 0 aliphatic carbocycles. The highest BCUT2D eigenvalue weighted by Crippen LogP contribution is 2.12. The Kier molecular flexibility index (Phi) is 7.46. The molecular formula is C16H25N3O2. The quantitative estimate of drug-likeness (QED) is 0.748. The number of carbonyl (C=O) groups is 2. The monoisotopic (exact) mass is 291 g/mol. The minimum Gasteiger partial charge on any atom is -0.346 e. The predicted molar refractivity (Wildman–Crippen MR) is 83.7 cm³/mol. The number of nitrogens with one attached hydrogen (secondary N) is 1. The highest BCUT2D eigenvalue weighted by Gasteiger charge is 2.21. The first-order valence-electron chi connectivity index (χ1n) is 7.42. The number of carbonyl (C=O) groups excluding carboxylic acids is 2. The highest BCUT2D eigenvalue weighted by molar-refractivity contribution is 5.85. The van der Waals surface area contributed by atoms with Gasteiger partial charge in [0.05, 0.1) is 13.1 Å². The first-order chi connectivity index (χ1) is 10.1. The summed E-state index contributed by atoms with van der Waals surface area (Å²) >= 11 is 0. The predicted octanol–water partition coefficient (Wildman–Crippen LogP) is 0.931. The zero-order valence-corrected chi connectivity index (χ0v) is 12.8. The molecule has 1 atom stereocenters. The lowest BCUT2D eigenvalue weighted by molar-refractivity contribution is -0.134. The van der Waals surface area contributed by atoms with Crippen LogP contribution in [0.4, 0.5) is 0 Å². The summed E-state index contributed by atoms with van der Waals surface area (Å²) in [7, 11) is 0. The van der Waals surface area contributed by atoms with Crippen LogP contribution in [0.1, 0.15) is 25.8 Å². The number of amides is 2. The fourth-order valence-corrected chi connectivity index (χ4v) is 2.35. The topological polar surface area (TPSA) is 75.4 Å². The first kappa shape index (κ1) is 17.2. The van der Waals surface area contributed by atoms with E-state index in [9.17, 15) is 9.59 Å². The standard InChI is InChI=1S/C16H25N3O2/c1-3-14(10-13-8-6-5-7-9-13)19(4-2)16(21)12-18-15(20)11-17/h5-9,14H,3-4,10-12,17H2,1-2H3,(H,18,20). The molecule has 0 saturated carbocycles. The number of rotatable bonds is 8. The number of hydrogen-bond acceptors (Lipinski definition) is 3. The maximum absolute atomic E-state index is 12.3. The minimum absolute atomic E-state index is 0.00909. The van der Waals surface area contributed by atoms with E-state index in [-0.39, 0.29) is 30.9 Å². The second-order valence-corrected chi connectivity index (χ2v) is 4.91. The van der Waals surface area contributed by atoms with Crippen LogP contribution < -0.4 is 11.1 Å². The molecule has 0 saturated heterocycles. The summed E-state index contributed by atoms with van der Waals surface area (Å²) in [5.41, 5.74) is 6.43. The van der Waals surface area contributed by atoms with Crippen molar-refractivity contribution in [2.75, 3.05) is 19.6 Å². The van der Waals surface area contributed by atoms with Gasteiger partial charge in [-0.3, -0.25) is 9.59 Å². The number of nitrogens with zero attached hydrogens (tertiary/aromatic N) is 1. The lowest BCUT2D eigenvalue weighted by Gasteiger charge is -2.30. The molecule has 0 aromatic heterocycles. The molecule has 5 heteroatoms. The fourth-order valence-electron chi connectivity index (χ4n) is 2.35. The Hall–Kier alpha value is -1.88. The Bertz CT molecular complexity index is 448. The Labute approximate surface area is 126 Å². The van der Waals surface area contributed by atoms with Crippen LogP contribution in [0, 0.1) is 0 Å². The van der Waals surface area contributed by atoms with Crippen LogP contribution >= 0.6 is 0 Å². The van der Waals surface area contributed by atoms with Crippen LogP contribution in [0.5, 0.6) is 0 Å². The minimum atomic E-state index is -0.310. The van der Waals surface area contributed by atoms with Gasteiger partial charge in [0.2, 0.25) is 11.8 Å². The van der Waals surface area contributed by atoms with Crippen molar-refractivity contribution in [3.05, 3.63) is 35.9 Å². The summed E-state index contributed by atoms with van der Waals surface area (Å²) in [6.07, 6.45) is 1.70. The number of likely N-dealkylation sites (N-methyl/N-ethyl adjacent to an activating group) is 1. The van der Waals surface area contributed by atoms with Gasteiger partial charge in [0.1, 0.15) is 0 Å². The van der Waals surface area contributed by atoms with Gasteiger partial charge in [0.15, 0.2) is 0 Å². The van der Waals surface area contributed by atoms with Crippen LogP contribution in [-0.2, 0) is 16.0 Å². The molecule has 0 bridgehead atoms. The normalized spacial score (nSPS) is 11.8. The number of benzene rings is 1. The van der Waals surface area contributed by atoms with Gasteiger partial charge in [-0.15, -0.1) is 0 Å². The summed E-state index contributed by atoms with van der Waals surface area (Å²) in [4.78, 5) is 25.2. The summed E-state index contributed by atoms with van der Waals surface area (Å²) in [6, 6.07) is 10.3. The average molecular weight is 291 g/mol. The van der Waals surface area contributed by atoms with Crippen molar-refractivity contribution in [1.82, 2.24) is 10.2 Å². The van der Waals surface area contributed by atoms with Crippen molar-refractivity contribution in [3.8, 4) is 0 Å². The van der Waals surface area contributed by atoms with E-state index in [1.165, 1.54) is 5.56 Å². The van der Waals surface area contributed by atoms with Gasteiger partial charge in [-0.05, 0) is 25.3 Å². The van der Waals surface area contributed by atoms with Crippen molar-refractivity contribution in [2.24, 2.45) is 5.73 Å². The van der Waals surface area contributed by atoms with E-state index >= 15 is 0 Å². The van der Waals surface area contributed by atoms with Crippen LogP contribution in [0.2, 0.25) is 0 Å². The van der Waals surface area contributed by atoms with Gasteiger partial charge >= 0.3 is 0 Å². The molecule has 1 aromatic rings. The third-order valence-electron chi connectivity index (χ3n) is 3.51.